The van der Waals surface area contributed by atoms with Crippen LogP contribution in [0.5, 0.6) is 0 Å². The average Bonchev–Trinajstić information content (AvgIpc) is 3.29. The van der Waals surface area contributed by atoms with Crippen LogP contribution in [-0.2, 0) is 6.42 Å². The van der Waals surface area contributed by atoms with Crippen molar-refractivity contribution >= 4 is 49.7 Å². The van der Waals surface area contributed by atoms with E-state index in [1.807, 2.05) is 43.0 Å². The van der Waals surface area contributed by atoms with Gasteiger partial charge >= 0.3 is 0 Å². The van der Waals surface area contributed by atoms with E-state index in [2.05, 4.69) is 10.3 Å². The molecule has 0 bridgehead atoms. The van der Waals surface area contributed by atoms with E-state index in [0.717, 1.165) is 58.8 Å². The maximum atomic E-state index is 13.4. The summed E-state index contributed by atoms with van der Waals surface area (Å²) in [5, 5.41) is 5.05. The van der Waals surface area contributed by atoms with Crippen LogP contribution < -0.4 is 11.1 Å². The molecule has 158 valence electrons. The van der Waals surface area contributed by atoms with Crippen LogP contribution in [0.3, 0.4) is 0 Å². The number of likely N-dealkylation sites (tertiary alicyclic amines) is 1. The zero-order valence-electron chi connectivity index (χ0n) is 17.2. The highest BCUT2D eigenvalue weighted by Crippen LogP contribution is 2.35. The highest BCUT2D eigenvalue weighted by atomic mass is 32.1. The van der Waals surface area contributed by atoms with Crippen LogP contribution in [-0.4, -0.2) is 40.8 Å². The Morgan fingerprint density at radius 3 is 2.80 bits per heavy atom. The average molecular weight is 443 g/mol. The van der Waals surface area contributed by atoms with E-state index in [1.165, 1.54) is 22.7 Å². The summed E-state index contributed by atoms with van der Waals surface area (Å²) in [6, 6.07) is 8.06. The molecule has 0 spiro atoms. The van der Waals surface area contributed by atoms with Crippen molar-refractivity contribution in [3.05, 3.63) is 45.3 Å². The maximum absolute atomic E-state index is 13.4. The molecule has 1 aliphatic rings. The number of aromatic nitrogens is 1. The minimum Gasteiger partial charge on any atom is -0.365 e. The third kappa shape index (κ3) is 3.94. The van der Waals surface area contributed by atoms with Gasteiger partial charge in [-0.15, -0.1) is 11.3 Å². The van der Waals surface area contributed by atoms with Gasteiger partial charge in [0.1, 0.15) is 4.88 Å². The van der Waals surface area contributed by atoms with Gasteiger partial charge in [0.05, 0.1) is 10.6 Å². The van der Waals surface area contributed by atoms with Crippen molar-refractivity contribution in [1.29, 1.82) is 0 Å². The number of thiophene rings is 1. The molecule has 3 aromatic rings. The summed E-state index contributed by atoms with van der Waals surface area (Å²) in [6.45, 7) is 5.40. The van der Waals surface area contributed by atoms with Gasteiger partial charge in [0.25, 0.3) is 11.8 Å². The fraction of sp³-hybridized carbons (Fsp3) is 0.409. The lowest BCUT2D eigenvalue weighted by Gasteiger charge is -2.36. The van der Waals surface area contributed by atoms with Gasteiger partial charge in [-0.05, 0) is 56.5 Å². The molecule has 1 fully saturated rings. The third-order valence-corrected chi connectivity index (χ3v) is 7.90. The molecule has 6 nitrogen and oxygen atoms in total. The minimum atomic E-state index is -0.395. The number of anilines is 1. The first-order valence-corrected chi connectivity index (χ1v) is 11.9. The molecule has 0 aliphatic carbocycles. The Bertz CT molecular complexity index is 1090. The van der Waals surface area contributed by atoms with Gasteiger partial charge in [0.15, 0.2) is 5.13 Å². The van der Waals surface area contributed by atoms with Crippen molar-refractivity contribution in [1.82, 2.24) is 9.88 Å². The van der Waals surface area contributed by atoms with Crippen LogP contribution in [0.15, 0.2) is 24.3 Å². The largest absolute Gasteiger partial charge is 0.365 e. The number of carbonyl (C=O) groups is 2. The Kier molecular flexibility index (Phi) is 6.06. The number of primary amides is 1. The van der Waals surface area contributed by atoms with Crippen molar-refractivity contribution in [2.75, 3.05) is 18.4 Å². The summed E-state index contributed by atoms with van der Waals surface area (Å²) >= 11 is 2.86. The predicted octanol–water partition coefficient (Wildman–Crippen LogP) is 4.43. The van der Waals surface area contributed by atoms with E-state index in [-0.39, 0.29) is 11.9 Å². The monoisotopic (exact) mass is 442 g/mol. The number of rotatable bonds is 6. The molecule has 2 aromatic heterocycles. The van der Waals surface area contributed by atoms with Crippen molar-refractivity contribution < 1.29 is 9.59 Å². The lowest BCUT2D eigenvalue weighted by molar-refractivity contribution is 0.0618. The number of thiazole rings is 1. The number of piperidine rings is 1. The number of benzene rings is 1. The molecular formula is C22H26N4O2S2. The Balaban J connectivity index is 1.65. The number of nitrogens with two attached hydrogens (primary N) is 1. The lowest BCUT2D eigenvalue weighted by Crippen LogP contribution is -2.45. The normalized spacial score (nSPS) is 16.7. The second-order valence-electron chi connectivity index (χ2n) is 7.59. The van der Waals surface area contributed by atoms with Gasteiger partial charge < -0.3 is 16.0 Å². The van der Waals surface area contributed by atoms with Crippen LogP contribution in [0.4, 0.5) is 5.13 Å². The van der Waals surface area contributed by atoms with Crippen LogP contribution >= 0.6 is 22.7 Å². The number of hydrogen-bond acceptors (Lipinski definition) is 6. The first kappa shape index (κ1) is 20.8. The van der Waals surface area contributed by atoms with Crippen LogP contribution in [0, 0.1) is 6.92 Å². The van der Waals surface area contributed by atoms with Gasteiger partial charge in [0.2, 0.25) is 0 Å². The number of aryl methyl sites for hydroxylation is 1. The summed E-state index contributed by atoms with van der Waals surface area (Å²) in [5.41, 5.74) is 7.44. The summed E-state index contributed by atoms with van der Waals surface area (Å²) in [6.07, 6.45) is 3.64. The molecule has 1 atom stereocenters. The van der Waals surface area contributed by atoms with Gasteiger partial charge in [0, 0.05) is 23.8 Å². The molecule has 30 heavy (non-hydrogen) atoms. The lowest BCUT2D eigenvalue weighted by atomic mass is 9.93. The number of nitrogens with one attached hydrogen (secondary N) is 1. The number of fused-ring (bicyclic) bond motifs is 1. The summed E-state index contributed by atoms with van der Waals surface area (Å²) < 4.78 is 1.06. The molecule has 0 unspecified atom stereocenters. The Hall–Kier alpha value is -2.45. The van der Waals surface area contributed by atoms with Crippen LogP contribution in [0.2, 0.25) is 0 Å². The fourth-order valence-corrected chi connectivity index (χ4v) is 6.24. The topological polar surface area (TPSA) is 88.3 Å². The van der Waals surface area contributed by atoms with Crippen LogP contribution in [0.1, 0.15) is 56.8 Å². The van der Waals surface area contributed by atoms with E-state index < -0.39 is 5.91 Å². The molecular weight excluding hydrogens is 416 g/mol. The summed E-state index contributed by atoms with van der Waals surface area (Å²) in [5.74, 6) is -0.354. The van der Waals surface area contributed by atoms with Crippen molar-refractivity contribution in [3.8, 4) is 0 Å². The Labute approximate surface area is 184 Å². The second kappa shape index (κ2) is 8.73. The van der Waals surface area contributed by atoms with E-state index in [9.17, 15) is 9.59 Å². The number of amides is 2. The van der Waals surface area contributed by atoms with Crippen molar-refractivity contribution in [2.45, 2.75) is 45.6 Å². The highest BCUT2D eigenvalue weighted by Gasteiger charge is 2.31. The zero-order chi connectivity index (χ0) is 21.3. The molecule has 8 heteroatoms. The SMILES string of the molecule is CCNc1nc(C)c(C(=O)N2CCCC[C@@H]2Cc2c(C(N)=O)sc3ccccc23)s1. The molecule has 0 radical (unpaired) electrons. The number of hydrogen-bond donors (Lipinski definition) is 2. The van der Waals surface area contributed by atoms with Gasteiger partial charge in [-0.25, -0.2) is 4.98 Å². The van der Waals surface area contributed by atoms with Gasteiger partial charge in [-0.1, -0.05) is 29.5 Å². The zero-order valence-corrected chi connectivity index (χ0v) is 18.9. The number of nitrogens with zero attached hydrogens (tertiary/aromatic N) is 2. The minimum absolute atomic E-state index is 0.0408. The molecule has 3 heterocycles. The first-order chi connectivity index (χ1) is 14.5. The van der Waals surface area contributed by atoms with Crippen molar-refractivity contribution in [2.24, 2.45) is 5.73 Å². The van der Waals surface area contributed by atoms with E-state index in [0.29, 0.717) is 16.2 Å². The second-order valence-corrected chi connectivity index (χ2v) is 9.64. The quantitative estimate of drug-likeness (QED) is 0.591. The standard InChI is InChI=1S/C22H26N4O2S2/c1-3-24-22-25-13(2)18(30-22)21(28)26-11-7-6-8-14(26)12-16-15-9-4-5-10-17(15)29-19(16)20(23)27/h4-5,9-10,14H,3,6-8,11-12H2,1-2H3,(H2,23,27)(H,24,25)/t14-/m1/s1. The highest BCUT2D eigenvalue weighted by molar-refractivity contribution is 7.21. The first-order valence-electron chi connectivity index (χ1n) is 10.3. The summed E-state index contributed by atoms with van der Waals surface area (Å²) in [4.78, 5) is 33.3. The van der Waals surface area contributed by atoms with Gasteiger partial charge in [-0.2, -0.15) is 0 Å². The smallest absolute Gasteiger partial charge is 0.266 e. The van der Waals surface area contributed by atoms with Crippen molar-refractivity contribution in [3.63, 3.8) is 0 Å². The Morgan fingerprint density at radius 1 is 1.23 bits per heavy atom. The molecule has 2 amide bonds. The molecule has 3 N–H and O–H groups in total. The molecule has 1 aliphatic heterocycles. The number of carbonyl (C=O) groups excluding carboxylic acids is 2. The van der Waals surface area contributed by atoms with E-state index in [1.54, 1.807) is 0 Å². The van der Waals surface area contributed by atoms with E-state index in [4.69, 9.17) is 5.73 Å². The predicted molar refractivity (Wildman–Crippen MR) is 124 cm³/mol. The fourth-order valence-electron chi connectivity index (χ4n) is 4.17. The maximum Gasteiger partial charge on any atom is 0.266 e. The molecule has 4 rings (SSSR count). The van der Waals surface area contributed by atoms with E-state index >= 15 is 0 Å². The molecule has 1 aromatic carbocycles. The molecule has 1 saturated heterocycles. The Morgan fingerprint density at radius 2 is 2.03 bits per heavy atom. The summed E-state index contributed by atoms with van der Waals surface area (Å²) in [7, 11) is 0. The van der Waals surface area contributed by atoms with Crippen LogP contribution in [0.25, 0.3) is 10.1 Å². The molecule has 0 saturated carbocycles. The van der Waals surface area contributed by atoms with Gasteiger partial charge in [-0.3, -0.25) is 9.59 Å². The third-order valence-electron chi connectivity index (χ3n) is 5.57.